The highest BCUT2D eigenvalue weighted by molar-refractivity contribution is 9.10. The molecule has 0 aliphatic carbocycles. The smallest absolute Gasteiger partial charge is 0.0848 e. The molecule has 0 radical (unpaired) electrons. The van der Waals surface area contributed by atoms with E-state index in [0.717, 1.165) is 27.1 Å². The van der Waals surface area contributed by atoms with Gasteiger partial charge in [0.15, 0.2) is 0 Å². The molecular formula is C13H14BrClN2O. The number of aliphatic hydroxyl groups excluding tert-OH is 1. The van der Waals surface area contributed by atoms with Gasteiger partial charge in [0.05, 0.1) is 28.2 Å². The third kappa shape index (κ3) is 2.32. The summed E-state index contributed by atoms with van der Waals surface area (Å²) in [5.41, 5.74) is 3.31. The minimum atomic E-state index is -0.559. The second-order valence-corrected chi connectivity index (χ2v) is 5.57. The maximum absolute atomic E-state index is 9.83. The fourth-order valence-electron chi connectivity index (χ4n) is 1.91. The Morgan fingerprint density at radius 1 is 1.39 bits per heavy atom. The van der Waals surface area contributed by atoms with Gasteiger partial charge >= 0.3 is 0 Å². The van der Waals surface area contributed by atoms with E-state index in [1.54, 1.807) is 11.6 Å². The van der Waals surface area contributed by atoms with Crippen LogP contribution in [0.25, 0.3) is 5.69 Å². The largest absolute Gasteiger partial charge is 0.389 e. The van der Waals surface area contributed by atoms with Crippen molar-refractivity contribution in [1.82, 2.24) is 9.78 Å². The SMILES string of the molecule is Cc1nn(-c2cc(Br)ccc2C(C)O)c(C)c1Cl. The quantitative estimate of drug-likeness (QED) is 0.905. The van der Waals surface area contributed by atoms with Crippen molar-refractivity contribution in [1.29, 1.82) is 0 Å². The first-order chi connectivity index (χ1) is 8.41. The highest BCUT2D eigenvalue weighted by Gasteiger charge is 2.16. The summed E-state index contributed by atoms with van der Waals surface area (Å²) in [6.45, 7) is 5.51. The minimum Gasteiger partial charge on any atom is -0.389 e. The average molecular weight is 330 g/mol. The highest BCUT2D eigenvalue weighted by atomic mass is 79.9. The van der Waals surface area contributed by atoms with Gasteiger partial charge in [-0.3, -0.25) is 0 Å². The molecule has 0 bridgehead atoms. The maximum Gasteiger partial charge on any atom is 0.0848 e. The Kier molecular flexibility index (Phi) is 3.80. The molecule has 2 aromatic rings. The molecule has 5 heteroatoms. The third-order valence-electron chi connectivity index (χ3n) is 2.87. The highest BCUT2D eigenvalue weighted by Crippen LogP contribution is 2.29. The summed E-state index contributed by atoms with van der Waals surface area (Å²) in [6.07, 6.45) is -0.559. The molecule has 2 rings (SSSR count). The van der Waals surface area contributed by atoms with Crippen LogP contribution in [0.4, 0.5) is 0 Å². The van der Waals surface area contributed by atoms with Crippen molar-refractivity contribution in [2.24, 2.45) is 0 Å². The first-order valence-electron chi connectivity index (χ1n) is 5.61. The number of hydrogen-bond acceptors (Lipinski definition) is 2. The van der Waals surface area contributed by atoms with Crippen molar-refractivity contribution in [3.8, 4) is 5.69 Å². The topological polar surface area (TPSA) is 38.0 Å². The van der Waals surface area contributed by atoms with Crippen LogP contribution in [0.2, 0.25) is 5.02 Å². The Bertz CT molecular complexity index is 593. The summed E-state index contributed by atoms with van der Waals surface area (Å²) < 4.78 is 2.70. The second kappa shape index (κ2) is 5.03. The second-order valence-electron chi connectivity index (χ2n) is 4.28. The van der Waals surface area contributed by atoms with Gasteiger partial charge in [0, 0.05) is 10.0 Å². The molecule has 0 saturated heterocycles. The monoisotopic (exact) mass is 328 g/mol. The summed E-state index contributed by atoms with van der Waals surface area (Å²) in [5, 5.41) is 14.9. The van der Waals surface area contributed by atoms with Crippen LogP contribution in [0.15, 0.2) is 22.7 Å². The normalized spacial score (nSPS) is 12.8. The first kappa shape index (κ1) is 13.6. The summed E-state index contributed by atoms with van der Waals surface area (Å²) >= 11 is 9.60. The van der Waals surface area contributed by atoms with E-state index >= 15 is 0 Å². The minimum absolute atomic E-state index is 0.559. The van der Waals surface area contributed by atoms with Crippen molar-refractivity contribution < 1.29 is 5.11 Å². The molecule has 18 heavy (non-hydrogen) atoms. The number of halogens is 2. The van der Waals surface area contributed by atoms with E-state index < -0.39 is 6.10 Å². The standard InChI is InChI=1S/C13H14BrClN2O/c1-7-13(15)8(2)17(16-7)12-6-10(14)4-5-11(12)9(3)18/h4-6,9,18H,1-3H3. The molecule has 3 nitrogen and oxygen atoms in total. The maximum atomic E-state index is 9.83. The van der Waals surface area contributed by atoms with Gasteiger partial charge in [0.1, 0.15) is 0 Å². The summed E-state index contributed by atoms with van der Waals surface area (Å²) in [6, 6.07) is 5.71. The number of nitrogens with zero attached hydrogens (tertiary/aromatic N) is 2. The van der Waals surface area contributed by atoms with Crippen LogP contribution >= 0.6 is 27.5 Å². The molecule has 1 aromatic carbocycles. The summed E-state index contributed by atoms with van der Waals surface area (Å²) in [7, 11) is 0. The Morgan fingerprint density at radius 2 is 2.06 bits per heavy atom. The van der Waals surface area contributed by atoms with Gasteiger partial charge in [-0.25, -0.2) is 4.68 Å². The third-order valence-corrected chi connectivity index (χ3v) is 3.91. The van der Waals surface area contributed by atoms with Gasteiger partial charge < -0.3 is 5.11 Å². The molecule has 1 unspecified atom stereocenters. The zero-order valence-electron chi connectivity index (χ0n) is 10.4. The van der Waals surface area contributed by atoms with Crippen molar-refractivity contribution in [3.05, 3.63) is 44.6 Å². The molecule has 0 aliphatic rings. The molecule has 0 aliphatic heterocycles. The Balaban J connectivity index is 2.69. The Hall–Kier alpha value is -0.840. The van der Waals surface area contributed by atoms with Gasteiger partial charge in [0.2, 0.25) is 0 Å². The van der Waals surface area contributed by atoms with Crippen molar-refractivity contribution in [2.45, 2.75) is 26.9 Å². The summed E-state index contributed by atoms with van der Waals surface area (Å²) in [4.78, 5) is 0. The molecule has 1 atom stereocenters. The van der Waals surface area contributed by atoms with E-state index in [4.69, 9.17) is 11.6 Å². The van der Waals surface area contributed by atoms with Crippen molar-refractivity contribution >= 4 is 27.5 Å². The van der Waals surface area contributed by atoms with Gasteiger partial charge in [-0.1, -0.05) is 33.6 Å². The predicted octanol–water partition coefficient (Wildman–Crippen LogP) is 3.96. The van der Waals surface area contributed by atoms with Gasteiger partial charge in [-0.2, -0.15) is 5.10 Å². The van der Waals surface area contributed by atoms with E-state index in [9.17, 15) is 5.11 Å². The lowest BCUT2D eigenvalue weighted by Gasteiger charge is -2.14. The van der Waals surface area contributed by atoms with Crippen molar-refractivity contribution in [2.75, 3.05) is 0 Å². The molecule has 0 saturated carbocycles. The van der Waals surface area contributed by atoms with Crippen LogP contribution in [-0.2, 0) is 0 Å². The lowest BCUT2D eigenvalue weighted by molar-refractivity contribution is 0.199. The molecule has 0 amide bonds. The number of aromatic nitrogens is 2. The fourth-order valence-corrected chi connectivity index (χ4v) is 2.38. The van der Waals surface area contributed by atoms with Crippen LogP contribution in [0.1, 0.15) is 30.0 Å². The van der Waals surface area contributed by atoms with E-state index in [1.165, 1.54) is 0 Å². The van der Waals surface area contributed by atoms with Crippen LogP contribution < -0.4 is 0 Å². The van der Waals surface area contributed by atoms with Crippen LogP contribution in [0.3, 0.4) is 0 Å². The molecule has 0 spiro atoms. The lowest BCUT2D eigenvalue weighted by Crippen LogP contribution is -2.05. The Labute approximate surface area is 120 Å². The molecular weight excluding hydrogens is 316 g/mol. The van der Waals surface area contributed by atoms with E-state index in [1.807, 2.05) is 32.0 Å². The number of rotatable bonds is 2. The van der Waals surface area contributed by atoms with Crippen LogP contribution in [0.5, 0.6) is 0 Å². The molecule has 1 heterocycles. The number of hydrogen-bond donors (Lipinski definition) is 1. The molecule has 1 N–H and O–H groups in total. The van der Waals surface area contributed by atoms with E-state index in [0.29, 0.717) is 5.02 Å². The first-order valence-corrected chi connectivity index (χ1v) is 6.78. The zero-order valence-corrected chi connectivity index (χ0v) is 12.7. The zero-order chi connectivity index (χ0) is 13.4. The number of aliphatic hydroxyl groups is 1. The van der Waals surface area contributed by atoms with E-state index in [-0.39, 0.29) is 0 Å². The fraction of sp³-hybridized carbons (Fsp3) is 0.308. The summed E-state index contributed by atoms with van der Waals surface area (Å²) in [5.74, 6) is 0. The van der Waals surface area contributed by atoms with Crippen LogP contribution in [0, 0.1) is 13.8 Å². The van der Waals surface area contributed by atoms with Gasteiger partial charge in [-0.05, 0) is 32.9 Å². The van der Waals surface area contributed by atoms with Gasteiger partial charge in [0.25, 0.3) is 0 Å². The Morgan fingerprint density at radius 3 is 2.56 bits per heavy atom. The number of aryl methyl sites for hydroxylation is 1. The molecule has 96 valence electrons. The van der Waals surface area contributed by atoms with Crippen LogP contribution in [-0.4, -0.2) is 14.9 Å². The predicted molar refractivity (Wildman–Crippen MR) is 76.4 cm³/mol. The molecule has 0 fully saturated rings. The average Bonchev–Trinajstić information content (AvgIpc) is 2.56. The molecule has 1 aromatic heterocycles. The van der Waals surface area contributed by atoms with Gasteiger partial charge in [-0.15, -0.1) is 0 Å². The van der Waals surface area contributed by atoms with Crippen molar-refractivity contribution in [3.63, 3.8) is 0 Å². The van der Waals surface area contributed by atoms with E-state index in [2.05, 4.69) is 21.0 Å². The number of benzene rings is 1. The lowest BCUT2D eigenvalue weighted by atomic mass is 10.1.